The maximum absolute atomic E-state index is 13.2. The van der Waals surface area contributed by atoms with Gasteiger partial charge < -0.3 is 4.98 Å². The summed E-state index contributed by atoms with van der Waals surface area (Å²) in [7, 11) is 0. The zero-order valence-electron chi connectivity index (χ0n) is 6.49. The Balaban J connectivity index is 2.98. The number of aromatic amines is 1. The van der Waals surface area contributed by atoms with E-state index in [0.29, 0.717) is 15.9 Å². The van der Waals surface area contributed by atoms with Crippen LogP contribution < -0.4 is 0 Å². The lowest BCUT2D eigenvalue weighted by Crippen LogP contribution is -1.78. The summed E-state index contributed by atoms with van der Waals surface area (Å²) in [6, 6.07) is 2.93. The highest BCUT2D eigenvalue weighted by Crippen LogP contribution is 2.26. The molecule has 0 amide bonds. The van der Waals surface area contributed by atoms with Gasteiger partial charge >= 0.3 is 0 Å². The lowest BCUT2D eigenvalue weighted by atomic mass is 10.2. The van der Waals surface area contributed by atoms with Crippen LogP contribution in [0.1, 0.15) is 5.56 Å². The number of rotatable bonds is 0. The van der Waals surface area contributed by atoms with E-state index in [1.54, 1.807) is 12.3 Å². The minimum absolute atomic E-state index is 0.229. The average Bonchev–Trinajstić information content (AvgIpc) is 2.42. The minimum atomic E-state index is -0.229. The molecule has 0 aliphatic rings. The van der Waals surface area contributed by atoms with Crippen LogP contribution in [0.15, 0.2) is 18.3 Å². The number of nitrogens with one attached hydrogen (secondary N) is 1. The summed E-state index contributed by atoms with van der Waals surface area (Å²) < 4.78 is 13.2. The Bertz CT molecular complexity index is 433. The maximum atomic E-state index is 13.2. The van der Waals surface area contributed by atoms with Crippen LogP contribution in [-0.2, 0) is 0 Å². The SMILES string of the molecule is Cc1c[nH]c2c(Cl)ccc(F)c12. The first kappa shape index (κ1) is 7.62. The van der Waals surface area contributed by atoms with Crippen molar-refractivity contribution >= 4 is 22.5 Å². The van der Waals surface area contributed by atoms with E-state index in [-0.39, 0.29) is 5.82 Å². The van der Waals surface area contributed by atoms with Gasteiger partial charge in [-0.25, -0.2) is 4.39 Å². The zero-order chi connectivity index (χ0) is 8.72. The van der Waals surface area contributed by atoms with E-state index in [9.17, 15) is 4.39 Å². The molecule has 0 unspecified atom stereocenters. The third-order valence-electron chi connectivity index (χ3n) is 1.93. The number of halogens is 2. The summed E-state index contributed by atoms with van der Waals surface area (Å²) in [4.78, 5) is 2.92. The van der Waals surface area contributed by atoms with Gasteiger partial charge in [0.25, 0.3) is 0 Å². The standard InChI is InChI=1S/C9H7ClFN/c1-5-4-12-9-6(10)2-3-7(11)8(5)9/h2-4,12H,1H3. The van der Waals surface area contributed by atoms with Gasteiger partial charge in [0, 0.05) is 11.6 Å². The number of aryl methyl sites for hydroxylation is 1. The van der Waals surface area contributed by atoms with Crippen LogP contribution in [0.3, 0.4) is 0 Å². The topological polar surface area (TPSA) is 15.8 Å². The molecule has 0 fully saturated rings. The average molecular weight is 184 g/mol. The van der Waals surface area contributed by atoms with Crippen LogP contribution in [0.4, 0.5) is 4.39 Å². The second-order valence-electron chi connectivity index (χ2n) is 2.75. The Morgan fingerprint density at radius 1 is 1.42 bits per heavy atom. The summed E-state index contributed by atoms with van der Waals surface area (Å²) in [5, 5.41) is 1.14. The van der Waals surface area contributed by atoms with Crippen molar-refractivity contribution in [3.8, 4) is 0 Å². The first-order valence-corrected chi connectivity index (χ1v) is 3.99. The molecule has 12 heavy (non-hydrogen) atoms. The summed E-state index contributed by atoms with van der Waals surface area (Å²) in [6.45, 7) is 1.85. The molecule has 62 valence electrons. The van der Waals surface area contributed by atoms with Crippen molar-refractivity contribution < 1.29 is 4.39 Å². The summed E-state index contributed by atoms with van der Waals surface area (Å²) >= 11 is 5.84. The third kappa shape index (κ3) is 0.916. The predicted molar refractivity (Wildman–Crippen MR) is 48.0 cm³/mol. The van der Waals surface area contributed by atoms with Gasteiger partial charge in [0.15, 0.2) is 0 Å². The molecule has 1 nitrogen and oxygen atoms in total. The fourth-order valence-corrected chi connectivity index (χ4v) is 1.54. The van der Waals surface area contributed by atoms with Crippen molar-refractivity contribution in [2.24, 2.45) is 0 Å². The molecule has 0 aliphatic carbocycles. The number of hydrogen-bond donors (Lipinski definition) is 1. The van der Waals surface area contributed by atoms with Crippen molar-refractivity contribution in [2.75, 3.05) is 0 Å². The fourth-order valence-electron chi connectivity index (χ4n) is 1.33. The van der Waals surface area contributed by atoms with Gasteiger partial charge in [-0.1, -0.05) is 11.6 Å². The van der Waals surface area contributed by atoms with Crippen LogP contribution in [-0.4, -0.2) is 4.98 Å². The second-order valence-corrected chi connectivity index (χ2v) is 3.16. The van der Waals surface area contributed by atoms with Gasteiger partial charge in [0.2, 0.25) is 0 Å². The lowest BCUT2D eigenvalue weighted by molar-refractivity contribution is 0.639. The Hall–Kier alpha value is -1.02. The van der Waals surface area contributed by atoms with Crippen molar-refractivity contribution in [3.63, 3.8) is 0 Å². The number of aromatic nitrogens is 1. The third-order valence-corrected chi connectivity index (χ3v) is 2.25. The molecule has 1 heterocycles. The fraction of sp³-hybridized carbons (Fsp3) is 0.111. The van der Waals surface area contributed by atoms with E-state index in [2.05, 4.69) is 4.98 Å². The summed E-state index contributed by atoms with van der Waals surface area (Å²) in [5.74, 6) is -0.229. The molecule has 0 bridgehead atoms. The van der Waals surface area contributed by atoms with Gasteiger partial charge in [-0.2, -0.15) is 0 Å². The Kier molecular flexibility index (Phi) is 1.58. The molecule has 0 atom stereocenters. The van der Waals surface area contributed by atoms with Gasteiger partial charge in [-0.3, -0.25) is 0 Å². The van der Waals surface area contributed by atoms with Crippen LogP contribution in [0.25, 0.3) is 10.9 Å². The van der Waals surface area contributed by atoms with Gasteiger partial charge in [-0.05, 0) is 24.6 Å². The first-order valence-electron chi connectivity index (χ1n) is 3.62. The first-order chi connectivity index (χ1) is 5.70. The van der Waals surface area contributed by atoms with Crippen molar-refractivity contribution in [3.05, 3.63) is 34.7 Å². The Morgan fingerprint density at radius 3 is 2.83 bits per heavy atom. The van der Waals surface area contributed by atoms with Crippen LogP contribution in [0, 0.1) is 12.7 Å². The Labute approximate surface area is 74.2 Å². The lowest BCUT2D eigenvalue weighted by Gasteiger charge is -1.95. The quantitative estimate of drug-likeness (QED) is 0.645. The monoisotopic (exact) mass is 183 g/mol. The van der Waals surface area contributed by atoms with Crippen molar-refractivity contribution in [1.82, 2.24) is 4.98 Å². The number of benzene rings is 1. The molecular formula is C9H7ClFN. The largest absolute Gasteiger partial charge is 0.360 e. The predicted octanol–water partition coefficient (Wildman–Crippen LogP) is 3.27. The van der Waals surface area contributed by atoms with Gasteiger partial charge in [0.05, 0.1) is 10.5 Å². The Morgan fingerprint density at radius 2 is 2.17 bits per heavy atom. The highest BCUT2D eigenvalue weighted by molar-refractivity contribution is 6.35. The van der Waals surface area contributed by atoms with E-state index in [0.717, 1.165) is 5.56 Å². The molecule has 2 rings (SSSR count). The minimum Gasteiger partial charge on any atom is -0.360 e. The molecule has 1 aromatic heterocycles. The van der Waals surface area contributed by atoms with Crippen molar-refractivity contribution in [1.29, 1.82) is 0 Å². The van der Waals surface area contributed by atoms with Crippen LogP contribution in [0.2, 0.25) is 5.02 Å². The van der Waals surface area contributed by atoms with E-state index in [1.165, 1.54) is 6.07 Å². The number of H-pyrrole nitrogens is 1. The van der Waals surface area contributed by atoms with E-state index in [1.807, 2.05) is 6.92 Å². The van der Waals surface area contributed by atoms with E-state index < -0.39 is 0 Å². The van der Waals surface area contributed by atoms with E-state index >= 15 is 0 Å². The molecule has 3 heteroatoms. The molecule has 1 N–H and O–H groups in total. The highest BCUT2D eigenvalue weighted by Gasteiger charge is 2.07. The van der Waals surface area contributed by atoms with Gasteiger partial charge in [0.1, 0.15) is 5.82 Å². The summed E-state index contributed by atoms with van der Waals surface area (Å²) in [6.07, 6.45) is 1.75. The molecule has 0 saturated carbocycles. The van der Waals surface area contributed by atoms with Crippen LogP contribution in [0.5, 0.6) is 0 Å². The van der Waals surface area contributed by atoms with Gasteiger partial charge in [-0.15, -0.1) is 0 Å². The number of fused-ring (bicyclic) bond motifs is 1. The zero-order valence-corrected chi connectivity index (χ0v) is 7.24. The van der Waals surface area contributed by atoms with Crippen LogP contribution >= 0.6 is 11.6 Å². The normalized spacial score (nSPS) is 10.9. The number of hydrogen-bond acceptors (Lipinski definition) is 0. The molecule has 0 spiro atoms. The molecule has 2 aromatic rings. The maximum Gasteiger partial charge on any atom is 0.132 e. The summed E-state index contributed by atoms with van der Waals surface area (Å²) in [5.41, 5.74) is 1.55. The molecule has 1 aromatic carbocycles. The smallest absolute Gasteiger partial charge is 0.132 e. The highest BCUT2D eigenvalue weighted by atomic mass is 35.5. The van der Waals surface area contributed by atoms with E-state index in [4.69, 9.17) is 11.6 Å². The molecular weight excluding hydrogens is 177 g/mol. The van der Waals surface area contributed by atoms with Crippen molar-refractivity contribution in [2.45, 2.75) is 6.92 Å². The second kappa shape index (κ2) is 2.49. The molecule has 0 radical (unpaired) electrons. The molecule has 0 aliphatic heterocycles. The molecule has 0 saturated heterocycles.